The van der Waals surface area contributed by atoms with E-state index >= 15 is 0 Å². The van der Waals surface area contributed by atoms with E-state index in [0.717, 1.165) is 43.1 Å². The molecule has 5 rings (SSSR count). The van der Waals surface area contributed by atoms with Gasteiger partial charge in [-0.2, -0.15) is 0 Å². The SMILES string of the molecule is Cc1[nH]c2ccccc2c1[C@@H]1CC1(C(=O)NCc1cc(Cl)ccc1Sc1ccccc1CN)N(C)C(=O)[C@H](CN)NC=O. The van der Waals surface area contributed by atoms with E-state index in [-0.39, 0.29) is 24.9 Å². The van der Waals surface area contributed by atoms with Crippen LogP contribution in [0, 0.1) is 6.92 Å². The van der Waals surface area contributed by atoms with Crippen LogP contribution in [-0.4, -0.2) is 53.3 Å². The van der Waals surface area contributed by atoms with Gasteiger partial charge >= 0.3 is 0 Å². The zero-order chi connectivity index (χ0) is 30.7. The number of aromatic nitrogens is 1. The molecule has 1 aliphatic rings. The number of hydrogen-bond acceptors (Lipinski definition) is 6. The maximum atomic E-state index is 14.2. The maximum Gasteiger partial charge on any atom is 0.247 e. The number of benzene rings is 3. The third-order valence-corrected chi connectivity index (χ3v) is 9.69. The molecule has 1 saturated carbocycles. The van der Waals surface area contributed by atoms with Crippen LogP contribution in [0.2, 0.25) is 5.02 Å². The molecule has 9 nitrogen and oxygen atoms in total. The number of aromatic amines is 1. The van der Waals surface area contributed by atoms with E-state index < -0.39 is 17.5 Å². The summed E-state index contributed by atoms with van der Waals surface area (Å²) in [6, 6.07) is 20.5. The Hall–Kier alpha value is -3.83. The molecule has 7 N–H and O–H groups in total. The van der Waals surface area contributed by atoms with Crippen LogP contribution < -0.4 is 22.1 Å². The van der Waals surface area contributed by atoms with E-state index in [1.807, 2.05) is 73.7 Å². The van der Waals surface area contributed by atoms with Crippen molar-refractivity contribution in [3.05, 3.63) is 94.1 Å². The van der Waals surface area contributed by atoms with E-state index in [1.54, 1.807) is 18.8 Å². The Balaban J connectivity index is 1.46. The lowest BCUT2D eigenvalue weighted by Gasteiger charge is -2.31. The summed E-state index contributed by atoms with van der Waals surface area (Å²) in [6.07, 6.45) is 0.870. The highest BCUT2D eigenvalue weighted by atomic mass is 35.5. The molecular formula is C32H35ClN6O3S. The van der Waals surface area contributed by atoms with Crippen molar-refractivity contribution in [2.45, 2.75) is 53.7 Å². The summed E-state index contributed by atoms with van der Waals surface area (Å²) in [5, 5.41) is 7.15. The molecule has 3 aromatic carbocycles. The normalized spacial score (nSPS) is 18.2. The number of aryl methyl sites for hydroxylation is 1. The molecule has 0 saturated heterocycles. The van der Waals surface area contributed by atoms with Crippen LogP contribution in [0.4, 0.5) is 0 Å². The summed E-state index contributed by atoms with van der Waals surface area (Å²) in [5.41, 5.74) is 15.4. The number of fused-ring (bicyclic) bond motifs is 1. The molecule has 0 radical (unpaired) electrons. The lowest BCUT2D eigenvalue weighted by atomic mass is 10.00. The van der Waals surface area contributed by atoms with Crippen molar-refractivity contribution in [1.29, 1.82) is 0 Å². The molecule has 3 amide bonds. The molecule has 224 valence electrons. The topological polar surface area (TPSA) is 146 Å². The number of nitrogens with one attached hydrogen (secondary N) is 3. The van der Waals surface area contributed by atoms with Crippen molar-refractivity contribution in [1.82, 2.24) is 20.5 Å². The number of para-hydroxylation sites is 1. The molecule has 43 heavy (non-hydrogen) atoms. The number of rotatable bonds is 12. The van der Waals surface area contributed by atoms with Gasteiger partial charge in [0.15, 0.2) is 0 Å². The van der Waals surface area contributed by atoms with Crippen LogP contribution in [-0.2, 0) is 27.5 Å². The number of H-pyrrole nitrogens is 1. The van der Waals surface area contributed by atoms with Crippen molar-refractivity contribution >= 4 is 52.5 Å². The van der Waals surface area contributed by atoms with Gasteiger partial charge < -0.3 is 32.0 Å². The van der Waals surface area contributed by atoms with Gasteiger partial charge in [-0.05, 0) is 60.4 Å². The second-order valence-electron chi connectivity index (χ2n) is 10.7. The van der Waals surface area contributed by atoms with E-state index in [9.17, 15) is 14.4 Å². The second kappa shape index (κ2) is 12.8. The maximum absolute atomic E-state index is 14.2. The van der Waals surface area contributed by atoms with Crippen LogP contribution in [0.5, 0.6) is 0 Å². The minimum Gasteiger partial charge on any atom is -0.358 e. The number of likely N-dealkylation sites (N-methyl/N-ethyl adjacent to an activating group) is 1. The monoisotopic (exact) mass is 618 g/mol. The van der Waals surface area contributed by atoms with Crippen LogP contribution >= 0.6 is 23.4 Å². The van der Waals surface area contributed by atoms with Crippen molar-refractivity contribution < 1.29 is 14.4 Å². The van der Waals surface area contributed by atoms with Gasteiger partial charge in [-0.15, -0.1) is 0 Å². The number of nitrogens with zero attached hydrogens (tertiary/aromatic N) is 1. The summed E-state index contributed by atoms with van der Waals surface area (Å²) >= 11 is 7.95. The number of halogens is 1. The summed E-state index contributed by atoms with van der Waals surface area (Å²) in [5.74, 6) is -0.989. The van der Waals surface area contributed by atoms with Crippen molar-refractivity contribution in [2.75, 3.05) is 13.6 Å². The predicted molar refractivity (Wildman–Crippen MR) is 170 cm³/mol. The number of carbonyl (C=O) groups is 3. The lowest BCUT2D eigenvalue weighted by Crippen LogP contribution is -2.57. The Bertz CT molecular complexity index is 1680. The minimum absolute atomic E-state index is 0.0935. The predicted octanol–water partition coefficient (Wildman–Crippen LogP) is 3.81. The largest absolute Gasteiger partial charge is 0.358 e. The third-order valence-electron chi connectivity index (χ3n) is 8.22. The molecule has 3 atom stereocenters. The molecule has 1 heterocycles. The lowest BCUT2D eigenvalue weighted by molar-refractivity contribution is -0.142. The standard InChI is InChI=1S/C32H35ClN6O3S/c1-19-29(23-8-4-5-9-25(23)38-19)24-14-32(24,39(2)30(41)26(16-35)37-18-40)31(42)36-17-21-13-22(33)11-12-28(21)43-27-10-6-3-7-20(27)15-34/h3-13,18,24,26,38H,14-17,34-35H2,1-2H3,(H,36,42)(H,37,40)/t24-,26-,32?/m0/s1. The molecular weight excluding hydrogens is 584 g/mol. The summed E-state index contributed by atoms with van der Waals surface area (Å²) in [6.45, 7) is 2.49. The van der Waals surface area contributed by atoms with Crippen LogP contribution in [0.25, 0.3) is 10.9 Å². The average Bonchev–Trinajstić information content (AvgIpc) is 3.67. The fourth-order valence-corrected chi connectivity index (χ4v) is 7.13. The van der Waals surface area contributed by atoms with Crippen molar-refractivity contribution in [2.24, 2.45) is 11.5 Å². The first-order valence-electron chi connectivity index (χ1n) is 14.0. The van der Waals surface area contributed by atoms with Gasteiger partial charge in [0.05, 0.1) is 0 Å². The van der Waals surface area contributed by atoms with Crippen LogP contribution in [0.15, 0.2) is 76.5 Å². The molecule has 4 aromatic rings. The Kier molecular flexibility index (Phi) is 9.12. The first-order chi connectivity index (χ1) is 20.7. The molecule has 1 aliphatic carbocycles. The van der Waals surface area contributed by atoms with Crippen LogP contribution in [0.1, 0.15) is 34.7 Å². The van der Waals surface area contributed by atoms with E-state index in [4.69, 9.17) is 23.1 Å². The van der Waals surface area contributed by atoms with Gasteiger partial charge in [-0.25, -0.2) is 0 Å². The summed E-state index contributed by atoms with van der Waals surface area (Å²) in [4.78, 5) is 45.8. The highest BCUT2D eigenvalue weighted by molar-refractivity contribution is 7.99. The fourth-order valence-electron chi connectivity index (χ4n) is 5.87. The quantitative estimate of drug-likeness (QED) is 0.153. The first kappa shape index (κ1) is 30.6. The molecule has 0 bridgehead atoms. The molecule has 0 aliphatic heterocycles. The van der Waals surface area contributed by atoms with Gasteiger partial charge in [0.1, 0.15) is 11.6 Å². The number of amides is 3. The highest BCUT2D eigenvalue weighted by Gasteiger charge is 2.65. The molecule has 11 heteroatoms. The smallest absolute Gasteiger partial charge is 0.247 e. The van der Waals surface area contributed by atoms with E-state index in [1.165, 1.54) is 4.90 Å². The fraction of sp³-hybridized carbons (Fsp3) is 0.281. The Morgan fingerprint density at radius 3 is 2.58 bits per heavy atom. The van der Waals surface area contributed by atoms with Gasteiger partial charge in [0.25, 0.3) is 0 Å². The summed E-state index contributed by atoms with van der Waals surface area (Å²) < 4.78 is 0. The van der Waals surface area contributed by atoms with E-state index in [0.29, 0.717) is 24.4 Å². The Labute approximate surface area is 259 Å². The minimum atomic E-state index is -1.18. The van der Waals surface area contributed by atoms with Crippen LogP contribution in [0.3, 0.4) is 0 Å². The summed E-state index contributed by atoms with van der Waals surface area (Å²) in [7, 11) is 1.60. The number of hydrogen-bond donors (Lipinski definition) is 5. The molecule has 0 spiro atoms. The molecule has 1 aromatic heterocycles. The molecule has 1 fully saturated rings. The Morgan fingerprint density at radius 2 is 1.84 bits per heavy atom. The van der Waals surface area contributed by atoms with Gasteiger partial charge in [0.2, 0.25) is 18.2 Å². The highest BCUT2D eigenvalue weighted by Crippen LogP contribution is 2.57. The van der Waals surface area contributed by atoms with Gasteiger partial charge in [-0.1, -0.05) is 59.8 Å². The zero-order valence-corrected chi connectivity index (χ0v) is 25.6. The van der Waals surface area contributed by atoms with Gasteiger partial charge in [-0.3, -0.25) is 14.4 Å². The first-order valence-corrected chi connectivity index (χ1v) is 15.2. The van der Waals surface area contributed by atoms with Gasteiger partial charge in [0, 0.05) is 64.0 Å². The zero-order valence-electron chi connectivity index (χ0n) is 24.0. The third kappa shape index (κ3) is 5.88. The average molecular weight is 619 g/mol. The van der Waals surface area contributed by atoms with Crippen molar-refractivity contribution in [3.8, 4) is 0 Å². The number of nitrogens with two attached hydrogens (primary N) is 2. The Morgan fingerprint density at radius 1 is 1.12 bits per heavy atom. The second-order valence-corrected chi connectivity index (χ2v) is 12.2. The van der Waals surface area contributed by atoms with E-state index in [2.05, 4.69) is 15.6 Å². The number of carbonyl (C=O) groups excluding carboxylic acids is 3. The van der Waals surface area contributed by atoms with Crippen molar-refractivity contribution in [3.63, 3.8) is 0 Å². The molecule has 1 unspecified atom stereocenters.